The maximum atomic E-state index is 2.52. The zero-order valence-electron chi connectivity index (χ0n) is 46.0. The van der Waals surface area contributed by atoms with Gasteiger partial charge < -0.3 is 9.80 Å². The van der Waals surface area contributed by atoms with Crippen molar-refractivity contribution in [1.82, 2.24) is 0 Å². The molecule has 0 fully saturated rings. The SMILES string of the molecule is Cc1cccc(N(c2cccc(C3(c4ccccc4)C4=C(C=CCC4)c4ccccc43)c2)c2ccc3ccc4c(N(c5cccc(C)c5)c5cccc(C6(c7ccccc7)c7ccccc7-c7ccccc76)c5)ccc5ccc2c3c54)c1. The van der Waals surface area contributed by atoms with E-state index in [9.17, 15) is 0 Å². The van der Waals surface area contributed by atoms with Crippen molar-refractivity contribution in [1.29, 1.82) is 0 Å². The molecule has 388 valence electrons. The van der Waals surface area contributed by atoms with Gasteiger partial charge in [0.05, 0.1) is 22.2 Å². The van der Waals surface area contributed by atoms with Crippen molar-refractivity contribution in [2.45, 2.75) is 37.5 Å². The maximum Gasteiger partial charge on any atom is 0.0714 e. The minimum absolute atomic E-state index is 0.456. The summed E-state index contributed by atoms with van der Waals surface area (Å²) in [7, 11) is 0. The number of aryl methyl sites for hydroxylation is 2. The molecule has 0 bridgehead atoms. The van der Waals surface area contributed by atoms with Gasteiger partial charge in [0, 0.05) is 33.5 Å². The molecular formula is C80H58N2. The van der Waals surface area contributed by atoms with Crippen molar-refractivity contribution in [3.8, 4) is 11.1 Å². The third-order valence-electron chi connectivity index (χ3n) is 18.3. The molecule has 0 aliphatic heterocycles. The number of hydrogen-bond acceptors (Lipinski definition) is 2. The highest BCUT2D eigenvalue weighted by Gasteiger charge is 2.48. The minimum atomic E-state index is -0.540. The number of fused-ring (bicyclic) bond motifs is 5. The summed E-state index contributed by atoms with van der Waals surface area (Å²) in [5.74, 6) is 0. The van der Waals surface area contributed by atoms with Gasteiger partial charge in [-0.15, -0.1) is 0 Å². The summed E-state index contributed by atoms with van der Waals surface area (Å²) < 4.78 is 0. The summed E-state index contributed by atoms with van der Waals surface area (Å²) in [5, 5.41) is 7.36. The Morgan fingerprint density at radius 2 is 0.732 bits per heavy atom. The van der Waals surface area contributed by atoms with Crippen molar-refractivity contribution in [3.05, 3.63) is 352 Å². The third-order valence-corrected chi connectivity index (χ3v) is 18.3. The molecule has 82 heavy (non-hydrogen) atoms. The molecule has 16 rings (SSSR count). The maximum absolute atomic E-state index is 2.52. The zero-order valence-corrected chi connectivity index (χ0v) is 46.0. The normalized spacial score (nSPS) is 15.6. The Hall–Kier alpha value is -10.0. The molecule has 0 N–H and O–H groups in total. The van der Waals surface area contributed by atoms with Crippen molar-refractivity contribution >= 4 is 72.0 Å². The minimum Gasteiger partial charge on any atom is -0.310 e. The highest BCUT2D eigenvalue weighted by atomic mass is 15.2. The largest absolute Gasteiger partial charge is 0.310 e. The molecule has 3 aliphatic carbocycles. The molecule has 0 heterocycles. The molecule has 0 spiro atoms. The van der Waals surface area contributed by atoms with E-state index in [1.165, 1.54) is 110 Å². The van der Waals surface area contributed by atoms with Gasteiger partial charge in [-0.25, -0.2) is 0 Å². The van der Waals surface area contributed by atoms with Crippen LogP contribution < -0.4 is 9.80 Å². The van der Waals surface area contributed by atoms with Crippen LogP contribution in [-0.4, -0.2) is 0 Å². The van der Waals surface area contributed by atoms with E-state index in [2.05, 4.69) is 315 Å². The van der Waals surface area contributed by atoms with E-state index in [4.69, 9.17) is 0 Å². The zero-order chi connectivity index (χ0) is 54.5. The van der Waals surface area contributed by atoms with Gasteiger partial charge in [-0.05, 0) is 187 Å². The van der Waals surface area contributed by atoms with Crippen LogP contribution in [0.15, 0.2) is 297 Å². The van der Waals surface area contributed by atoms with Gasteiger partial charge >= 0.3 is 0 Å². The molecule has 0 saturated heterocycles. The van der Waals surface area contributed by atoms with Gasteiger partial charge in [-0.3, -0.25) is 0 Å². The molecule has 0 amide bonds. The predicted molar refractivity (Wildman–Crippen MR) is 344 cm³/mol. The van der Waals surface area contributed by atoms with Gasteiger partial charge in [0.25, 0.3) is 0 Å². The molecule has 1 atom stereocenters. The van der Waals surface area contributed by atoms with Crippen LogP contribution in [0.5, 0.6) is 0 Å². The lowest BCUT2D eigenvalue weighted by Gasteiger charge is -2.37. The Kier molecular flexibility index (Phi) is 11.0. The van der Waals surface area contributed by atoms with E-state index in [-0.39, 0.29) is 0 Å². The third kappa shape index (κ3) is 7.01. The van der Waals surface area contributed by atoms with Crippen LogP contribution in [-0.2, 0) is 10.8 Å². The van der Waals surface area contributed by atoms with Crippen LogP contribution in [0.3, 0.4) is 0 Å². The average Bonchev–Trinajstić information content (AvgIpc) is 2.60. The van der Waals surface area contributed by atoms with E-state index >= 15 is 0 Å². The van der Waals surface area contributed by atoms with Crippen LogP contribution in [0.1, 0.15) is 68.5 Å². The Balaban J connectivity index is 0.907. The Labute approximate surface area is 480 Å². The van der Waals surface area contributed by atoms with E-state index in [0.717, 1.165) is 47.0 Å². The number of allylic oxidation sites excluding steroid dienone is 4. The molecule has 13 aromatic rings. The molecule has 2 heteroatoms. The summed E-state index contributed by atoms with van der Waals surface area (Å²) in [6.07, 6.45) is 6.77. The Morgan fingerprint density at radius 3 is 1.24 bits per heavy atom. The fourth-order valence-electron chi connectivity index (χ4n) is 15.0. The van der Waals surface area contributed by atoms with E-state index < -0.39 is 10.8 Å². The van der Waals surface area contributed by atoms with Crippen LogP contribution in [0.25, 0.3) is 49.0 Å². The summed E-state index contributed by atoms with van der Waals surface area (Å²) in [6.45, 7) is 4.41. The fraction of sp³-hybridized carbons (Fsp3) is 0.0750. The van der Waals surface area contributed by atoms with Gasteiger partial charge in [0.1, 0.15) is 0 Å². The number of benzene rings is 13. The number of anilines is 6. The highest BCUT2D eigenvalue weighted by molar-refractivity contribution is 6.28. The van der Waals surface area contributed by atoms with Crippen LogP contribution >= 0.6 is 0 Å². The van der Waals surface area contributed by atoms with Crippen molar-refractivity contribution in [3.63, 3.8) is 0 Å². The quantitative estimate of drug-likeness (QED) is 0.126. The van der Waals surface area contributed by atoms with Gasteiger partial charge in [0.15, 0.2) is 0 Å². The topological polar surface area (TPSA) is 6.48 Å². The first-order valence-corrected chi connectivity index (χ1v) is 29.0. The van der Waals surface area contributed by atoms with Gasteiger partial charge in [-0.2, -0.15) is 0 Å². The second-order valence-electron chi connectivity index (χ2n) is 22.7. The van der Waals surface area contributed by atoms with Crippen LogP contribution in [0.4, 0.5) is 34.1 Å². The second-order valence-corrected chi connectivity index (χ2v) is 22.7. The molecule has 13 aromatic carbocycles. The lowest BCUT2D eigenvalue weighted by molar-refractivity contribution is 0.696. The van der Waals surface area contributed by atoms with Gasteiger partial charge in [0.2, 0.25) is 0 Å². The molecule has 0 aromatic heterocycles. The molecule has 1 unspecified atom stereocenters. The molecule has 2 nitrogen and oxygen atoms in total. The standard InChI is InChI=1S/C80H58N2/c1-53-21-17-29-61(49-53)81(63-31-19-27-59(51-63)79(57-23-5-3-6-24-57)71-37-13-9-33-65(71)66-34-10-14-38-72(66)79)75-47-43-55-42-46-70-76(48-44-56-41-45-69(75)77(55)78(56)70)82(62-30-18-22-54(2)50-62)64-32-20-28-60(52-64)80(58-25-7-4-8-26-58)73-39-15-11-35-67(73)68-36-12-16-40-74(68)80/h3-15,17-39,41-52H,16,40H2,1-2H3. The predicted octanol–water partition coefficient (Wildman–Crippen LogP) is 21.0. The molecular weight excluding hydrogens is 989 g/mol. The van der Waals surface area contributed by atoms with Crippen molar-refractivity contribution in [2.75, 3.05) is 9.80 Å². The van der Waals surface area contributed by atoms with E-state index in [0.29, 0.717) is 0 Å². The Morgan fingerprint density at radius 1 is 0.329 bits per heavy atom. The first kappa shape index (κ1) is 47.9. The van der Waals surface area contributed by atoms with Crippen LogP contribution in [0, 0.1) is 13.8 Å². The summed E-state index contributed by atoms with van der Waals surface area (Å²) in [4.78, 5) is 5.03. The molecule has 3 aliphatic rings. The summed E-state index contributed by atoms with van der Waals surface area (Å²) in [6, 6.07) is 105. The first-order chi connectivity index (χ1) is 40.5. The average molecular weight is 1050 g/mol. The summed E-state index contributed by atoms with van der Waals surface area (Å²) in [5.41, 5.74) is 23.9. The number of nitrogens with zero attached hydrogens (tertiary/aromatic N) is 2. The smallest absolute Gasteiger partial charge is 0.0714 e. The van der Waals surface area contributed by atoms with Crippen molar-refractivity contribution < 1.29 is 0 Å². The number of rotatable bonds is 10. The number of hydrogen-bond donors (Lipinski definition) is 0. The molecule has 0 saturated carbocycles. The lowest BCUT2D eigenvalue weighted by atomic mass is 9.65. The van der Waals surface area contributed by atoms with E-state index in [1.54, 1.807) is 0 Å². The Bertz CT molecular complexity index is 4690. The lowest BCUT2D eigenvalue weighted by Crippen LogP contribution is -2.30. The fourth-order valence-corrected chi connectivity index (χ4v) is 15.0. The second kappa shape index (κ2) is 18.8. The first-order valence-electron chi connectivity index (χ1n) is 29.0. The molecule has 0 radical (unpaired) electrons. The monoisotopic (exact) mass is 1050 g/mol. The summed E-state index contributed by atoms with van der Waals surface area (Å²) >= 11 is 0. The van der Waals surface area contributed by atoms with Crippen molar-refractivity contribution in [2.24, 2.45) is 0 Å². The highest BCUT2D eigenvalue weighted by Crippen LogP contribution is 2.60. The van der Waals surface area contributed by atoms with Crippen LogP contribution in [0.2, 0.25) is 0 Å². The van der Waals surface area contributed by atoms with E-state index in [1.807, 2.05) is 0 Å². The van der Waals surface area contributed by atoms with Gasteiger partial charge in [-0.1, -0.05) is 231 Å².